The number of hydrogen-bond acceptors (Lipinski definition) is 4. The molecular formula is C17H19N3O4. The van der Waals surface area contributed by atoms with E-state index in [4.69, 9.17) is 4.74 Å². The summed E-state index contributed by atoms with van der Waals surface area (Å²) in [6.07, 6.45) is 0.897. The summed E-state index contributed by atoms with van der Waals surface area (Å²) in [5.41, 5.74) is 1.01. The molecule has 0 aliphatic rings. The first-order valence-electron chi connectivity index (χ1n) is 7.60. The first kappa shape index (κ1) is 17.3. The Bertz CT molecular complexity index is 718. The molecular weight excluding hydrogens is 310 g/mol. The summed E-state index contributed by atoms with van der Waals surface area (Å²) >= 11 is 0. The van der Waals surface area contributed by atoms with Crippen LogP contribution in [-0.4, -0.2) is 17.6 Å². The van der Waals surface area contributed by atoms with Crippen LogP contribution in [0.2, 0.25) is 0 Å². The molecule has 24 heavy (non-hydrogen) atoms. The SMILES string of the molecule is CCCOc1cccc(NC(=O)NCc2ccccc2[N+](=O)[O-])c1. The summed E-state index contributed by atoms with van der Waals surface area (Å²) in [7, 11) is 0. The lowest BCUT2D eigenvalue weighted by Crippen LogP contribution is -2.28. The van der Waals surface area contributed by atoms with Crippen molar-refractivity contribution in [3.05, 3.63) is 64.2 Å². The van der Waals surface area contributed by atoms with Crippen LogP contribution < -0.4 is 15.4 Å². The van der Waals surface area contributed by atoms with E-state index in [1.54, 1.807) is 36.4 Å². The van der Waals surface area contributed by atoms with Gasteiger partial charge in [-0.25, -0.2) is 4.79 Å². The number of nitrogens with one attached hydrogen (secondary N) is 2. The molecule has 0 fully saturated rings. The molecule has 0 unspecified atom stereocenters. The third-order valence-electron chi connectivity index (χ3n) is 3.19. The third-order valence-corrected chi connectivity index (χ3v) is 3.19. The predicted octanol–water partition coefficient (Wildman–Crippen LogP) is 3.71. The van der Waals surface area contributed by atoms with Crippen LogP contribution in [0.25, 0.3) is 0 Å². The van der Waals surface area contributed by atoms with Gasteiger partial charge >= 0.3 is 6.03 Å². The zero-order chi connectivity index (χ0) is 17.4. The number of urea groups is 1. The Morgan fingerprint density at radius 3 is 2.75 bits per heavy atom. The molecule has 0 aliphatic heterocycles. The van der Waals surface area contributed by atoms with Crippen LogP contribution in [0.4, 0.5) is 16.2 Å². The molecule has 0 saturated carbocycles. The van der Waals surface area contributed by atoms with Crippen molar-refractivity contribution >= 4 is 17.4 Å². The highest BCUT2D eigenvalue weighted by Gasteiger charge is 2.13. The van der Waals surface area contributed by atoms with Gasteiger partial charge in [-0.05, 0) is 18.6 Å². The number of para-hydroxylation sites is 1. The topological polar surface area (TPSA) is 93.5 Å². The predicted molar refractivity (Wildman–Crippen MR) is 91.2 cm³/mol. The molecule has 2 N–H and O–H groups in total. The van der Waals surface area contributed by atoms with E-state index in [0.29, 0.717) is 23.6 Å². The van der Waals surface area contributed by atoms with Crippen molar-refractivity contribution in [3.8, 4) is 5.75 Å². The lowest BCUT2D eigenvalue weighted by molar-refractivity contribution is -0.385. The average molecular weight is 329 g/mol. The first-order chi connectivity index (χ1) is 11.6. The molecule has 0 bridgehead atoms. The summed E-state index contributed by atoms with van der Waals surface area (Å²) in [6.45, 7) is 2.68. The number of benzene rings is 2. The second kappa shape index (κ2) is 8.52. The number of ether oxygens (including phenoxy) is 1. The quantitative estimate of drug-likeness (QED) is 0.598. The normalized spacial score (nSPS) is 10.0. The number of carbonyl (C=O) groups excluding carboxylic acids is 1. The molecule has 2 amide bonds. The molecule has 0 atom stereocenters. The van der Waals surface area contributed by atoms with E-state index in [1.807, 2.05) is 13.0 Å². The van der Waals surface area contributed by atoms with Gasteiger partial charge in [-0.15, -0.1) is 0 Å². The highest BCUT2D eigenvalue weighted by molar-refractivity contribution is 5.89. The molecule has 126 valence electrons. The van der Waals surface area contributed by atoms with E-state index >= 15 is 0 Å². The number of carbonyl (C=O) groups is 1. The molecule has 7 heteroatoms. The second-order valence-corrected chi connectivity index (χ2v) is 5.07. The average Bonchev–Trinajstić information content (AvgIpc) is 2.58. The Hall–Kier alpha value is -3.09. The minimum atomic E-state index is -0.469. The van der Waals surface area contributed by atoms with Crippen molar-refractivity contribution in [2.75, 3.05) is 11.9 Å². The minimum absolute atomic E-state index is 0.0206. The van der Waals surface area contributed by atoms with Gasteiger partial charge in [-0.3, -0.25) is 10.1 Å². The Morgan fingerprint density at radius 2 is 2.00 bits per heavy atom. The number of hydrogen-bond donors (Lipinski definition) is 2. The summed E-state index contributed by atoms with van der Waals surface area (Å²) in [4.78, 5) is 22.4. The number of anilines is 1. The molecule has 0 aliphatic carbocycles. The third kappa shape index (κ3) is 4.98. The summed E-state index contributed by atoms with van der Waals surface area (Å²) in [5, 5.41) is 16.2. The van der Waals surface area contributed by atoms with E-state index in [2.05, 4.69) is 10.6 Å². The zero-order valence-electron chi connectivity index (χ0n) is 13.3. The van der Waals surface area contributed by atoms with Crippen LogP contribution in [0, 0.1) is 10.1 Å². The second-order valence-electron chi connectivity index (χ2n) is 5.07. The van der Waals surface area contributed by atoms with Crippen LogP contribution in [-0.2, 0) is 6.54 Å². The maximum Gasteiger partial charge on any atom is 0.319 e. The van der Waals surface area contributed by atoms with E-state index in [-0.39, 0.29) is 12.2 Å². The van der Waals surface area contributed by atoms with E-state index in [9.17, 15) is 14.9 Å². The Morgan fingerprint density at radius 1 is 1.21 bits per heavy atom. The van der Waals surface area contributed by atoms with Crippen LogP contribution >= 0.6 is 0 Å². The van der Waals surface area contributed by atoms with Crippen molar-refractivity contribution < 1.29 is 14.5 Å². The van der Waals surface area contributed by atoms with E-state index in [1.165, 1.54) is 6.07 Å². The van der Waals surface area contributed by atoms with Gasteiger partial charge in [-0.2, -0.15) is 0 Å². The number of amides is 2. The minimum Gasteiger partial charge on any atom is -0.494 e. The number of nitro benzene ring substituents is 1. The van der Waals surface area contributed by atoms with Crippen molar-refractivity contribution in [2.24, 2.45) is 0 Å². The van der Waals surface area contributed by atoms with Gasteiger partial charge < -0.3 is 15.4 Å². The molecule has 2 rings (SSSR count). The highest BCUT2D eigenvalue weighted by Crippen LogP contribution is 2.18. The molecule has 2 aromatic carbocycles. The van der Waals surface area contributed by atoms with Crippen molar-refractivity contribution in [1.82, 2.24) is 5.32 Å². The smallest absolute Gasteiger partial charge is 0.319 e. The van der Waals surface area contributed by atoms with Gasteiger partial charge in [0, 0.05) is 23.4 Å². The monoisotopic (exact) mass is 329 g/mol. The van der Waals surface area contributed by atoms with Gasteiger partial charge in [0.15, 0.2) is 0 Å². The van der Waals surface area contributed by atoms with Gasteiger partial charge in [0.1, 0.15) is 5.75 Å². The number of nitrogens with zero attached hydrogens (tertiary/aromatic N) is 1. The fourth-order valence-electron chi connectivity index (χ4n) is 2.07. The highest BCUT2D eigenvalue weighted by atomic mass is 16.6. The Balaban J connectivity index is 1.93. The molecule has 0 spiro atoms. The number of rotatable bonds is 7. The van der Waals surface area contributed by atoms with Crippen LogP contribution in [0.5, 0.6) is 5.75 Å². The summed E-state index contributed by atoms with van der Waals surface area (Å²) < 4.78 is 5.50. The standard InChI is InChI=1S/C17H19N3O4/c1-2-10-24-15-8-5-7-14(11-15)19-17(21)18-12-13-6-3-4-9-16(13)20(22)23/h3-9,11H,2,10,12H2,1H3,(H2,18,19,21). The van der Waals surface area contributed by atoms with Crippen LogP contribution in [0.1, 0.15) is 18.9 Å². The van der Waals surface area contributed by atoms with Gasteiger partial charge in [0.05, 0.1) is 18.1 Å². The zero-order valence-corrected chi connectivity index (χ0v) is 13.3. The lowest BCUT2D eigenvalue weighted by atomic mass is 10.2. The molecule has 7 nitrogen and oxygen atoms in total. The number of nitro groups is 1. The summed E-state index contributed by atoms with van der Waals surface area (Å²) in [5.74, 6) is 0.674. The first-order valence-corrected chi connectivity index (χ1v) is 7.60. The maximum atomic E-state index is 12.0. The summed E-state index contributed by atoms with van der Waals surface area (Å²) in [6, 6.07) is 12.9. The van der Waals surface area contributed by atoms with Crippen molar-refractivity contribution in [1.29, 1.82) is 0 Å². The fourth-order valence-corrected chi connectivity index (χ4v) is 2.07. The van der Waals surface area contributed by atoms with Gasteiger partial charge in [0.25, 0.3) is 5.69 Å². The van der Waals surface area contributed by atoms with Crippen LogP contribution in [0.15, 0.2) is 48.5 Å². The van der Waals surface area contributed by atoms with Crippen molar-refractivity contribution in [3.63, 3.8) is 0 Å². The van der Waals surface area contributed by atoms with Gasteiger partial charge in [-0.1, -0.05) is 31.2 Å². The lowest BCUT2D eigenvalue weighted by Gasteiger charge is -2.10. The molecule has 2 aromatic rings. The van der Waals surface area contributed by atoms with Crippen molar-refractivity contribution in [2.45, 2.75) is 19.9 Å². The van der Waals surface area contributed by atoms with E-state index < -0.39 is 11.0 Å². The molecule has 0 radical (unpaired) electrons. The Kier molecular flexibility index (Phi) is 6.13. The largest absolute Gasteiger partial charge is 0.494 e. The Labute approximate surface area is 139 Å². The van der Waals surface area contributed by atoms with Gasteiger partial charge in [0.2, 0.25) is 0 Å². The fraction of sp³-hybridized carbons (Fsp3) is 0.235. The van der Waals surface area contributed by atoms with E-state index in [0.717, 1.165) is 6.42 Å². The molecule has 0 saturated heterocycles. The molecule has 0 heterocycles. The molecule has 0 aromatic heterocycles. The van der Waals surface area contributed by atoms with Crippen LogP contribution in [0.3, 0.4) is 0 Å². The maximum absolute atomic E-state index is 12.0.